The van der Waals surface area contributed by atoms with Gasteiger partial charge in [-0.25, -0.2) is 11.1 Å². The van der Waals surface area contributed by atoms with E-state index in [4.69, 9.17) is 4.74 Å². The van der Waals surface area contributed by atoms with Crippen molar-refractivity contribution in [1.29, 1.82) is 0 Å². The van der Waals surface area contributed by atoms with Gasteiger partial charge in [-0.3, -0.25) is 0 Å². The number of hydrogen-bond acceptors (Lipinski definition) is 3. The van der Waals surface area contributed by atoms with E-state index in [1.54, 1.807) is 13.2 Å². The molecule has 3 nitrogen and oxygen atoms in total. The van der Waals surface area contributed by atoms with Crippen molar-refractivity contribution < 1.29 is 66.3 Å². The molecule has 0 aliphatic heterocycles. The van der Waals surface area contributed by atoms with Gasteiger partial charge in [0.2, 0.25) is 0 Å². The number of rotatable bonds is 3. The Morgan fingerprint density at radius 2 is 1.95 bits per heavy atom. The summed E-state index contributed by atoms with van der Waals surface area (Å²) in [5.41, 5.74) is 2.39. The molecule has 2 N–H and O–H groups in total. The predicted molar refractivity (Wildman–Crippen MR) is 81.2 cm³/mol. The summed E-state index contributed by atoms with van der Waals surface area (Å²) in [5.74, 6) is 0.682. The van der Waals surface area contributed by atoms with Gasteiger partial charge in [-0.1, -0.05) is 11.5 Å². The molecule has 0 atom stereocenters. The van der Waals surface area contributed by atoms with Crippen molar-refractivity contribution in [3.8, 4) is 22.6 Å². The summed E-state index contributed by atoms with van der Waals surface area (Å²) in [5, 5.41) is 21.0. The minimum atomic E-state index is -0.132. The quantitative estimate of drug-likeness (QED) is 0.540. The predicted octanol–water partition coefficient (Wildman–Crippen LogP) is 0.318. The van der Waals surface area contributed by atoms with Gasteiger partial charge in [0.25, 0.3) is 0 Å². The van der Waals surface area contributed by atoms with E-state index in [1.165, 1.54) is 6.07 Å². The molecule has 0 aliphatic carbocycles. The number of aliphatic hydroxyl groups excluding tert-OH is 1. The monoisotopic (exact) mass is 317 g/mol. The Hall–Kier alpha value is -0.884. The number of methoxy groups -OCH3 is 1. The first-order chi connectivity index (χ1) is 10.2. The summed E-state index contributed by atoms with van der Waals surface area (Å²) in [7, 11) is 1.54. The second kappa shape index (κ2) is 7.59. The molecule has 22 heavy (non-hydrogen) atoms. The number of ether oxygens (including phenoxy) is 1. The molecule has 0 saturated heterocycles. The van der Waals surface area contributed by atoms with Gasteiger partial charge in [0.05, 0.1) is 13.7 Å². The number of phenols is 1. The Morgan fingerprint density at radius 1 is 1.14 bits per heavy atom. The van der Waals surface area contributed by atoms with E-state index in [2.05, 4.69) is 12.1 Å². The fourth-order valence-corrected chi connectivity index (χ4v) is 2.42. The molecular formula is C18H14KO3-. The largest absolute Gasteiger partial charge is 1.00 e. The van der Waals surface area contributed by atoms with E-state index in [1.807, 2.05) is 30.3 Å². The van der Waals surface area contributed by atoms with Crippen molar-refractivity contribution in [3.05, 3.63) is 60.2 Å². The number of aromatic hydroxyl groups is 1. The van der Waals surface area contributed by atoms with Gasteiger partial charge in [-0.05, 0) is 6.07 Å². The van der Waals surface area contributed by atoms with Gasteiger partial charge in [-0.15, -0.1) is 17.5 Å². The molecule has 0 amide bonds. The third kappa shape index (κ3) is 3.22. The minimum absolute atomic E-state index is 0. The van der Waals surface area contributed by atoms with Crippen LogP contribution in [0.4, 0.5) is 0 Å². The Morgan fingerprint density at radius 3 is 2.59 bits per heavy atom. The molecule has 0 spiro atoms. The Bertz CT molecular complexity index is 785. The van der Waals surface area contributed by atoms with Crippen molar-refractivity contribution in [3.63, 3.8) is 0 Å². The molecule has 0 radical (unpaired) electrons. The topological polar surface area (TPSA) is 49.7 Å². The number of hydrogen-bond donors (Lipinski definition) is 2. The summed E-state index contributed by atoms with van der Waals surface area (Å²) in [6, 6.07) is 18.9. The van der Waals surface area contributed by atoms with E-state index in [0.717, 1.165) is 16.5 Å². The van der Waals surface area contributed by atoms with Crippen LogP contribution in [-0.2, 0) is 6.61 Å². The Labute approximate surface area is 172 Å². The molecule has 3 rings (SSSR count). The van der Waals surface area contributed by atoms with Gasteiger partial charge in [0.15, 0.2) is 0 Å². The van der Waals surface area contributed by atoms with Crippen molar-refractivity contribution in [2.24, 2.45) is 0 Å². The van der Waals surface area contributed by atoms with E-state index >= 15 is 0 Å². The van der Waals surface area contributed by atoms with Gasteiger partial charge in [0.1, 0.15) is 5.75 Å². The van der Waals surface area contributed by atoms with Gasteiger partial charge in [-0.2, -0.15) is 30.3 Å². The van der Waals surface area contributed by atoms with Gasteiger partial charge >= 0.3 is 51.4 Å². The first kappa shape index (κ1) is 17.5. The van der Waals surface area contributed by atoms with Gasteiger partial charge < -0.3 is 14.9 Å². The second-order valence-corrected chi connectivity index (χ2v) is 4.69. The summed E-state index contributed by atoms with van der Waals surface area (Å²) in [6.45, 7) is -0.132. The molecule has 0 heterocycles. The molecular weight excluding hydrogens is 303 g/mol. The molecule has 0 unspecified atom stereocenters. The first-order valence-electron chi connectivity index (χ1n) is 6.57. The molecule has 0 aromatic heterocycles. The fraction of sp³-hybridized carbons (Fsp3) is 0.111. The van der Waals surface area contributed by atoms with Crippen LogP contribution >= 0.6 is 0 Å². The molecule has 3 aromatic carbocycles. The minimum Gasteiger partial charge on any atom is -0.551 e. The normalized spacial score (nSPS) is 10.3. The maximum Gasteiger partial charge on any atom is 1.00 e. The molecule has 0 aliphatic rings. The van der Waals surface area contributed by atoms with E-state index in [9.17, 15) is 10.2 Å². The molecule has 0 bridgehead atoms. The molecule has 4 heteroatoms. The standard InChI is InChI=1S/C18H14O3.K/c1-21-18-10-16-15(9-13(18)11-19)14(7-8-17(16)20)12-5-3-2-4-6-12;/h2-5,8-10,19-20H,11H2,1H3;/q-2;+1. The number of phenolic OH excluding ortho intramolecular Hbond substituents is 1. The van der Waals surface area contributed by atoms with Crippen LogP contribution in [0.25, 0.3) is 21.9 Å². The molecule has 106 valence electrons. The van der Waals surface area contributed by atoms with Crippen molar-refractivity contribution >= 4 is 10.8 Å². The molecule has 0 saturated carbocycles. The van der Waals surface area contributed by atoms with Crippen LogP contribution < -0.4 is 56.1 Å². The van der Waals surface area contributed by atoms with E-state index in [0.29, 0.717) is 16.7 Å². The summed E-state index contributed by atoms with van der Waals surface area (Å²) in [6.07, 6.45) is 0. The van der Waals surface area contributed by atoms with Crippen LogP contribution in [0.5, 0.6) is 11.5 Å². The van der Waals surface area contributed by atoms with Crippen LogP contribution in [0.15, 0.2) is 42.5 Å². The van der Waals surface area contributed by atoms with Crippen molar-refractivity contribution in [2.45, 2.75) is 6.61 Å². The summed E-state index contributed by atoms with van der Waals surface area (Å²) >= 11 is 0. The molecule has 0 fully saturated rings. The van der Waals surface area contributed by atoms with Crippen molar-refractivity contribution in [1.82, 2.24) is 0 Å². The third-order valence-electron chi connectivity index (χ3n) is 3.47. The fourth-order valence-electron chi connectivity index (χ4n) is 2.42. The second-order valence-electron chi connectivity index (χ2n) is 4.69. The van der Waals surface area contributed by atoms with Crippen LogP contribution in [0.2, 0.25) is 0 Å². The SMILES string of the molecule is COc1cc2c(O)c[c-]c(-c3[c-]cccc3)c2cc1CO.[K+]. The van der Waals surface area contributed by atoms with E-state index in [-0.39, 0.29) is 63.7 Å². The van der Waals surface area contributed by atoms with Crippen LogP contribution in [0.1, 0.15) is 5.56 Å². The van der Waals surface area contributed by atoms with Crippen molar-refractivity contribution in [2.75, 3.05) is 7.11 Å². The number of fused-ring (bicyclic) bond motifs is 1. The van der Waals surface area contributed by atoms with Crippen LogP contribution in [0, 0.1) is 12.1 Å². The smallest absolute Gasteiger partial charge is 0.551 e. The average molecular weight is 317 g/mol. The average Bonchev–Trinajstić information content (AvgIpc) is 2.55. The maximum atomic E-state index is 10.1. The Balaban J connectivity index is 0.00000176. The zero-order valence-corrected chi connectivity index (χ0v) is 15.7. The Kier molecular flexibility index (Phi) is 6.03. The van der Waals surface area contributed by atoms with Crippen LogP contribution in [-0.4, -0.2) is 17.3 Å². The maximum absolute atomic E-state index is 10.1. The zero-order valence-electron chi connectivity index (χ0n) is 12.6. The number of benzene rings is 3. The zero-order chi connectivity index (χ0) is 14.8. The van der Waals surface area contributed by atoms with Gasteiger partial charge in [0, 0.05) is 11.3 Å². The summed E-state index contributed by atoms with van der Waals surface area (Å²) in [4.78, 5) is 0. The first-order valence-corrected chi connectivity index (χ1v) is 6.57. The molecule has 3 aromatic rings. The summed E-state index contributed by atoms with van der Waals surface area (Å²) < 4.78 is 5.26. The third-order valence-corrected chi connectivity index (χ3v) is 3.47. The van der Waals surface area contributed by atoms with Crippen LogP contribution in [0.3, 0.4) is 0 Å². The number of aliphatic hydroxyl groups is 1. The van der Waals surface area contributed by atoms with E-state index < -0.39 is 0 Å².